The predicted octanol–water partition coefficient (Wildman–Crippen LogP) is 1.68. The molecule has 0 saturated carbocycles. The van der Waals surface area contributed by atoms with Crippen molar-refractivity contribution in [2.24, 2.45) is 7.05 Å². The van der Waals surface area contributed by atoms with Crippen molar-refractivity contribution in [3.05, 3.63) is 46.0 Å². The minimum Gasteiger partial charge on any atom is -0.479 e. The molecule has 0 aliphatic rings. The fourth-order valence-corrected chi connectivity index (χ4v) is 2.02. The van der Waals surface area contributed by atoms with Gasteiger partial charge >= 0.3 is 5.97 Å². The Morgan fingerprint density at radius 3 is 2.67 bits per heavy atom. The molecule has 0 radical (unpaired) electrons. The molecule has 2 N–H and O–H groups in total. The van der Waals surface area contributed by atoms with Crippen LogP contribution in [0, 0.1) is 0 Å². The fourth-order valence-electron chi connectivity index (χ4n) is 1.67. The summed E-state index contributed by atoms with van der Waals surface area (Å²) in [5.74, 6) is -1.88. The lowest BCUT2D eigenvalue weighted by atomic mass is 10.1. The highest BCUT2D eigenvalue weighted by atomic mass is 35.5. The second-order valence-electron chi connectivity index (χ2n) is 4.18. The summed E-state index contributed by atoms with van der Waals surface area (Å²) in [7, 11) is 1.64. The largest absolute Gasteiger partial charge is 0.479 e. The van der Waals surface area contributed by atoms with Crippen LogP contribution < -0.4 is 5.32 Å². The number of nitrogens with zero attached hydrogens (tertiary/aromatic N) is 3. The van der Waals surface area contributed by atoms with E-state index in [4.69, 9.17) is 23.2 Å². The van der Waals surface area contributed by atoms with Gasteiger partial charge in [0.15, 0.2) is 6.04 Å². The highest BCUT2D eigenvalue weighted by Gasteiger charge is 2.25. The van der Waals surface area contributed by atoms with Crippen LogP contribution in [0.5, 0.6) is 0 Å². The van der Waals surface area contributed by atoms with Gasteiger partial charge in [-0.15, -0.1) is 0 Å². The molecule has 1 unspecified atom stereocenters. The van der Waals surface area contributed by atoms with Gasteiger partial charge in [-0.05, 0) is 6.07 Å². The van der Waals surface area contributed by atoms with Crippen LogP contribution in [0.15, 0.2) is 24.7 Å². The third-order valence-corrected chi connectivity index (χ3v) is 3.16. The summed E-state index contributed by atoms with van der Waals surface area (Å²) in [6.45, 7) is 0. The van der Waals surface area contributed by atoms with Crippen LogP contribution in [0.25, 0.3) is 0 Å². The monoisotopic (exact) mass is 328 g/mol. The van der Waals surface area contributed by atoms with Crippen molar-refractivity contribution in [3.63, 3.8) is 0 Å². The fraction of sp³-hybridized carbons (Fsp3) is 0.167. The molecule has 110 valence electrons. The third-order valence-electron chi connectivity index (χ3n) is 2.65. The van der Waals surface area contributed by atoms with Crippen molar-refractivity contribution in [1.82, 2.24) is 20.1 Å². The molecular weight excluding hydrogens is 319 g/mol. The van der Waals surface area contributed by atoms with Crippen LogP contribution in [0.4, 0.5) is 0 Å². The Balaban J connectivity index is 2.27. The molecule has 21 heavy (non-hydrogen) atoms. The molecule has 0 aromatic carbocycles. The van der Waals surface area contributed by atoms with Crippen LogP contribution in [0.2, 0.25) is 10.2 Å². The van der Waals surface area contributed by atoms with E-state index in [9.17, 15) is 14.7 Å². The van der Waals surface area contributed by atoms with Gasteiger partial charge in [0, 0.05) is 25.0 Å². The molecule has 1 atom stereocenters. The normalized spacial score (nSPS) is 12.0. The number of carboxylic acid groups (broad SMARTS) is 1. The molecule has 2 aromatic heterocycles. The van der Waals surface area contributed by atoms with E-state index in [-0.39, 0.29) is 15.7 Å². The smallest absolute Gasteiger partial charge is 0.331 e. The SMILES string of the molecule is Cn1cc(C(NC(=O)c2cc(Cl)ncc2Cl)C(=O)O)cn1. The summed E-state index contributed by atoms with van der Waals surface area (Å²) in [6, 6.07) is 0.0238. The number of halogens is 2. The second kappa shape index (κ2) is 6.11. The summed E-state index contributed by atoms with van der Waals surface area (Å²) < 4.78 is 1.44. The number of carbonyl (C=O) groups is 2. The molecule has 0 spiro atoms. The highest BCUT2D eigenvalue weighted by molar-refractivity contribution is 6.35. The van der Waals surface area contributed by atoms with Gasteiger partial charge in [0.05, 0.1) is 16.8 Å². The molecular formula is C12H10Cl2N4O3. The van der Waals surface area contributed by atoms with Crippen LogP contribution in [0.1, 0.15) is 22.0 Å². The maximum absolute atomic E-state index is 12.1. The van der Waals surface area contributed by atoms with Crippen molar-refractivity contribution in [2.45, 2.75) is 6.04 Å². The number of rotatable bonds is 4. The van der Waals surface area contributed by atoms with E-state index in [0.717, 1.165) is 0 Å². The molecule has 2 rings (SSSR count). The van der Waals surface area contributed by atoms with Gasteiger partial charge in [0.2, 0.25) is 0 Å². The summed E-state index contributed by atoms with van der Waals surface area (Å²) in [5.41, 5.74) is 0.390. The molecule has 0 saturated heterocycles. The number of hydrogen-bond acceptors (Lipinski definition) is 4. The van der Waals surface area contributed by atoms with Gasteiger partial charge in [-0.1, -0.05) is 23.2 Å². The van der Waals surface area contributed by atoms with Crippen LogP contribution >= 0.6 is 23.2 Å². The maximum Gasteiger partial charge on any atom is 0.331 e. The molecule has 0 fully saturated rings. The number of carbonyl (C=O) groups excluding carboxylic acids is 1. The van der Waals surface area contributed by atoms with E-state index in [1.54, 1.807) is 7.05 Å². The number of amides is 1. The summed E-state index contributed by atoms with van der Waals surface area (Å²) in [4.78, 5) is 27.2. The van der Waals surface area contributed by atoms with E-state index >= 15 is 0 Å². The Bertz CT molecular complexity index is 702. The zero-order chi connectivity index (χ0) is 15.6. The number of aliphatic carboxylic acids is 1. The van der Waals surface area contributed by atoms with Crippen molar-refractivity contribution in [2.75, 3.05) is 0 Å². The van der Waals surface area contributed by atoms with Crippen molar-refractivity contribution < 1.29 is 14.7 Å². The zero-order valence-electron chi connectivity index (χ0n) is 10.7. The first-order valence-corrected chi connectivity index (χ1v) is 6.47. The van der Waals surface area contributed by atoms with Gasteiger partial charge < -0.3 is 10.4 Å². The molecule has 7 nitrogen and oxygen atoms in total. The average molecular weight is 329 g/mol. The lowest BCUT2D eigenvalue weighted by molar-refractivity contribution is -0.139. The Kier molecular flexibility index (Phi) is 4.44. The van der Waals surface area contributed by atoms with E-state index in [1.807, 2.05) is 0 Å². The Hall–Kier alpha value is -2.12. The number of nitrogens with one attached hydrogen (secondary N) is 1. The highest BCUT2D eigenvalue weighted by Crippen LogP contribution is 2.20. The van der Waals surface area contributed by atoms with Crippen LogP contribution in [-0.2, 0) is 11.8 Å². The number of pyridine rings is 1. The Morgan fingerprint density at radius 1 is 1.38 bits per heavy atom. The van der Waals surface area contributed by atoms with Crippen molar-refractivity contribution in [1.29, 1.82) is 0 Å². The molecule has 1 amide bonds. The molecule has 0 bridgehead atoms. The third kappa shape index (κ3) is 3.50. The quantitative estimate of drug-likeness (QED) is 0.832. The van der Waals surface area contributed by atoms with Gasteiger partial charge in [-0.2, -0.15) is 5.10 Å². The van der Waals surface area contributed by atoms with Gasteiger partial charge in [-0.25, -0.2) is 9.78 Å². The summed E-state index contributed by atoms with van der Waals surface area (Å²) in [5, 5.41) is 15.6. The summed E-state index contributed by atoms with van der Waals surface area (Å²) >= 11 is 11.6. The topological polar surface area (TPSA) is 97.1 Å². The number of aryl methyl sites for hydroxylation is 1. The Labute approximate surface area is 129 Å². The zero-order valence-corrected chi connectivity index (χ0v) is 12.3. The first-order chi connectivity index (χ1) is 9.88. The lowest BCUT2D eigenvalue weighted by Crippen LogP contribution is -2.33. The van der Waals surface area contributed by atoms with E-state index < -0.39 is 17.9 Å². The van der Waals surface area contributed by atoms with Gasteiger partial charge in [0.1, 0.15) is 5.15 Å². The van der Waals surface area contributed by atoms with E-state index in [2.05, 4.69) is 15.4 Å². The second-order valence-corrected chi connectivity index (χ2v) is 4.97. The number of carboxylic acids is 1. The van der Waals surface area contributed by atoms with Gasteiger partial charge in [0.25, 0.3) is 5.91 Å². The molecule has 2 heterocycles. The standard InChI is InChI=1S/C12H10Cl2N4O3/c1-18-5-6(3-16-18)10(12(20)21)17-11(19)7-2-9(14)15-4-8(7)13/h2-5,10H,1H3,(H,17,19)(H,20,21). The van der Waals surface area contributed by atoms with Crippen molar-refractivity contribution in [3.8, 4) is 0 Å². The Morgan fingerprint density at radius 2 is 2.10 bits per heavy atom. The lowest BCUT2D eigenvalue weighted by Gasteiger charge is -2.13. The molecule has 0 aliphatic carbocycles. The minimum absolute atomic E-state index is 0.0480. The number of hydrogen-bond donors (Lipinski definition) is 2. The van der Waals surface area contributed by atoms with Gasteiger partial charge in [-0.3, -0.25) is 9.48 Å². The maximum atomic E-state index is 12.1. The molecule has 2 aromatic rings. The predicted molar refractivity (Wildman–Crippen MR) is 75.3 cm³/mol. The minimum atomic E-state index is -1.24. The van der Waals surface area contributed by atoms with Crippen LogP contribution in [0.3, 0.4) is 0 Å². The summed E-state index contributed by atoms with van der Waals surface area (Å²) in [6.07, 6.45) is 4.08. The van der Waals surface area contributed by atoms with E-state index in [0.29, 0.717) is 5.56 Å². The first-order valence-electron chi connectivity index (χ1n) is 5.71. The van der Waals surface area contributed by atoms with Crippen LogP contribution in [-0.4, -0.2) is 31.7 Å². The first kappa shape index (κ1) is 15.3. The number of aromatic nitrogens is 3. The molecule has 9 heteroatoms. The average Bonchev–Trinajstić information content (AvgIpc) is 2.84. The van der Waals surface area contributed by atoms with Crippen molar-refractivity contribution >= 4 is 35.1 Å². The van der Waals surface area contributed by atoms with E-state index in [1.165, 1.54) is 29.3 Å². The molecule has 0 aliphatic heterocycles.